The second-order valence-corrected chi connectivity index (χ2v) is 5.15. The summed E-state index contributed by atoms with van der Waals surface area (Å²) in [7, 11) is 0. The molecule has 0 spiro atoms. The molecule has 0 atom stereocenters. The van der Waals surface area contributed by atoms with E-state index in [1.54, 1.807) is 0 Å². The van der Waals surface area contributed by atoms with Crippen LogP contribution in [0.5, 0.6) is 0 Å². The Morgan fingerprint density at radius 1 is 1.24 bits per heavy atom. The van der Waals surface area contributed by atoms with Gasteiger partial charge in [0.25, 0.3) is 0 Å². The molecule has 17 heavy (non-hydrogen) atoms. The zero-order valence-electron chi connectivity index (χ0n) is 10.2. The van der Waals surface area contributed by atoms with Crippen LogP contribution < -0.4 is 0 Å². The minimum atomic E-state index is 0.721. The van der Waals surface area contributed by atoms with Gasteiger partial charge in [0.1, 0.15) is 16.2 Å². The van der Waals surface area contributed by atoms with Crippen LogP contribution in [0, 0.1) is 18.5 Å². The molecule has 0 unspecified atom stereocenters. The van der Waals surface area contributed by atoms with Crippen LogP contribution in [0.25, 0.3) is 11.1 Å². The highest BCUT2D eigenvalue weighted by molar-refractivity contribution is 7.71. The predicted molar refractivity (Wildman–Crippen MR) is 69.9 cm³/mol. The average Bonchev–Trinajstić information content (AvgIpc) is 2.51. The minimum Gasteiger partial charge on any atom is -0.443 e. The van der Waals surface area contributed by atoms with Crippen LogP contribution >= 0.6 is 12.2 Å². The number of aromatic nitrogens is 2. The fourth-order valence-corrected chi connectivity index (χ4v) is 2.96. The summed E-state index contributed by atoms with van der Waals surface area (Å²) < 4.78 is 8.80. The van der Waals surface area contributed by atoms with E-state index in [1.165, 1.54) is 19.3 Å². The summed E-state index contributed by atoms with van der Waals surface area (Å²) in [5.74, 6) is 2.02. The van der Waals surface area contributed by atoms with Crippen molar-refractivity contribution < 1.29 is 4.42 Å². The molecule has 0 bridgehead atoms. The number of hydrogen-bond acceptors (Lipinski definition) is 3. The van der Waals surface area contributed by atoms with Gasteiger partial charge in [-0.3, -0.25) is 0 Å². The third kappa shape index (κ3) is 1.62. The summed E-state index contributed by atoms with van der Waals surface area (Å²) in [6.07, 6.45) is 4.67. The molecule has 0 aromatic carbocycles. The second kappa shape index (κ2) is 3.95. The lowest BCUT2D eigenvalue weighted by molar-refractivity contribution is 0.555. The smallest absolute Gasteiger partial charge is 0.231 e. The van der Waals surface area contributed by atoms with Crippen LogP contribution in [0.4, 0.5) is 0 Å². The lowest BCUT2D eigenvalue weighted by Crippen LogP contribution is -2.08. The fourth-order valence-electron chi connectivity index (χ4n) is 2.52. The monoisotopic (exact) mass is 248 g/mol. The number of aryl methyl sites for hydroxylation is 3. The van der Waals surface area contributed by atoms with Gasteiger partial charge in [-0.05, 0) is 26.7 Å². The maximum Gasteiger partial charge on any atom is 0.231 e. The summed E-state index contributed by atoms with van der Waals surface area (Å²) in [6.45, 7) is 5.03. The Morgan fingerprint density at radius 2 is 2.06 bits per heavy atom. The van der Waals surface area contributed by atoms with Gasteiger partial charge in [0.05, 0.1) is 5.39 Å². The lowest BCUT2D eigenvalue weighted by Gasteiger charge is -2.09. The van der Waals surface area contributed by atoms with E-state index in [2.05, 4.69) is 16.5 Å². The summed E-state index contributed by atoms with van der Waals surface area (Å²) in [5.41, 5.74) is 1.86. The molecule has 1 aliphatic heterocycles. The van der Waals surface area contributed by atoms with Gasteiger partial charge < -0.3 is 8.98 Å². The number of rotatable bonds is 0. The Bertz CT molecular complexity index is 639. The molecule has 0 radical (unpaired) electrons. The van der Waals surface area contributed by atoms with E-state index in [-0.39, 0.29) is 0 Å². The average molecular weight is 248 g/mol. The largest absolute Gasteiger partial charge is 0.443 e. The highest BCUT2D eigenvalue weighted by atomic mass is 32.1. The second-order valence-electron chi connectivity index (χ2n) is 4.76. The minimum absolute atomic E-state index is 0.721. The predicted octanol–water partition coefficient (Wildman–Crippen LogP) is 3.70. The molecule has 0 N–H and O–H groups in total. The molecule has 0 aliphatic carbocycles. The third-order valence-corrected chi connectivity index (χ3v) is 4.07. The Balaban J connectivity index is 2.37. The third-order valence-electron chi connectivity index (χ3n) is 3.65. The van der Waals surface area contributed by atoms with Crippen LogP contribution in [0.15, 0.2) is 4.42 Å². The van der Waals surface area contributed by atoms with Gasteiger partial charge in [0.15, 0.2) is 0 Å². The highest BCUT2D eigenvalue weighted by Crippen LogP contribution is 2.26. The van der Waals surface area contributed by atoms with E-state index in [0.29, 0.717) is 0 Å². The van der Waals surface area contributed by atoms with Crippen molar-refractivity contribution in [2.24, 2.45) is 0 Å². The highest BCUT2D eigenvalue weighted by Gasteiger charge is 2.16. The maximum atomic E-state index is 5.70. The fraction of sp³-hybridized carbons (Fsp3) is 0.538. The van der Waals surface area contributed by atoms with Crippen molar-refractivity contribution in [3.05, 3.63) is 21.8 Å². The zero-order chi connectivity index (χ0) is 12.0. The summed E-state index contributed by atoms with van der Waals surface area (Å²) in [4.78, 5) is 4.65. The molecule has 0 saturated heterocycles. The SMILES string of the molecule is Cc1oc2nc3n(c(=S)c2c1C)CCCCC3. The molecule has 4 heteroatoms. The van der Waals surface area contributed by atoms with Gasteiger partial charge in [-0.25, -0.2) is 0 Å². The van der Waals surface area contributed by atoms with Gasteiger partial charge >= 0.3 is 0 Å². The first-order valence-corrected chi connectivity index (χ1v) is 6.58. The molecule has 0 amide bonds. The van der Waals surface area contributed by atoms with E-state index in [9.17, 15) is 0 Å². The Morgan fingerprint density at radius 3 is 2.88 bits per heavy atom. The number of hydrogen-bond donors (Lipinski definition) is 0. The van der Waals surface area contributed by atoms with Crippen LogP contribution in [-0.4, -0.2) is 9.55 Å². The topological polar surface area (TPSA) is 31.0 Å². The van der Waals surface area contributed by atoms with Gasteiger partial charge in [-0.2, -0.15) is 4.98 Å². The molecule has 2 aromatic heterocycles. The molecule has 90 valence electrons. The molecule has 3 heterocycles. The number of nitrogens with zero attached hydrogens (tertiary/aromatic N) is 2. The molecule has 1 aliphatic rings. The van der Waals surface area contributed by atoms with Crippen molar-refractivity contribution in [1.82, 2.24) is 9.55 Å². The van der Waals surface area contributed by atoms with Crippen molar-refractivity contribution in [1.29, 1.82) is 0 Å². The lowest BCUT2D eigenvalue weighted by atomic mass is 10.2. The van der Waals surface area contributed by atoms with E-state index < -0.39 is 0 Å². The standard InChI is InChI=1S/C13H16N2OS/c1-8-9(2)16-12-11(8)13(17)15-7-5-3-4-6-10(15)14-12/h3-7H2,1-2H3. The first-order chi connectivity index (χ1) is 8.18. The molecule has 0 fully saturated rings. The summed E-state index contributed by atoms with van der Waals surface area (Å²) >= 11 is 5.60. The molecule has 0 saturated carbocycles. The van der Waals surface area contributed by atoms with Crippen LogP contribution in [-0.2, 0) is 13.0 Å². The maximum absolute atomic E-state index is 5.70. The van der Waals surface area contributed by atoms with Gasteiger partial charge in [0.2, 0.25) is 5.71 Å². The molecule has 2 aromatic rings. The van der Waals surface area contributed by atoms with Crippen molar-refractivity contribution in [3.8, 4) is 0 Å². The molecular formula is C13H16N2OS. The van der Waals surface area contributed by atoms with Gasteiger partial charge in [-0.15, -0.1) is 0 Å². The number of furan rings is 1. The Kier molecular flexibility index (Phi) is 2.54. The van der Waals surface area contributed by atoms with Crippen LogP contribution in [0.3, 0.4) is 0 Å². The Hall–Kier alpha value is -1.16. The molecule has 3 nitrogen and oxygen atoms in total. The van der Waals surface area contributed by atoms with E-state index in [0.717, 1.165) is 45.9 Å². The summed E-state index contributed by atoms with van der Waals surface area (Å²) in [5, 5.41) is 1.03. The van der Waals surface area contributed by atoms with Crippen molar-refractivity contribution >= 4 is 23.3 Å². The van der Waals surface area contributed by atoms with E-state index in [1.807, 2.05) is 6.92 Å². The van der Waals surface area contributed by atoms with Crippen LogP contribution in [0.2, 0.25) is 0 Å². The van der Waals surface area contributed by atoms with Gasteiger partial charge in [-0.1, -0.05) is 18.6 Å². The van der Waals surface area contributed by atoms with Gasteiger partial charge in [0, 0.05) is 18.5 Å². The van der Waals surface area contributed by atoms with E-state index >= 15 is 0 Å². The zero-order valence-corrected chi connectivity index (χ0v) is 11.1. The quantitative estimate of drug-likeness (QED) is 0.666. The normalized spacial score (nSPS) is 15.9. The van der Waals surface area contributed by atoms with Crippen LogP contribution in [0.1, 0.15) is 36.4 Å². The Labute approximate surface area is 105 Å². The van der Waals surface area contributed by atoms with E-state index in [4.69, 9.17) is 16.6 Å². The summed E-state index contributed by atoms with van der Waals surface area (Å²) in [6, 6.07) is 0. The first-order valence-electron chi connectivity index (χ1n) is 6.18. The van der Waals surface area contributed by atoms with Crippen molar-refractivity contribution in [2.75, 3.05) is 0 Å². The first kappa shape index (κ1) is 11.0. The number of fused-ring (bicyclic) bond motifs is 2. The molecular weight excluding hydrogens is 232 g/mol. The van der Waals surface area contributed by atoms with Crippen molar-refractivity contribution in [3.63, 3.8) is 0 Å². The van der Waals surface area contributed by atoms with Crippen molar-refractivity contribution in [2.45, 2.75) is 46.1 Å². The molecule has 3 rings (SSSR count).